The van der Waals surface area contributed by atoms with Crippen molar-refractivity contribution < 1.29 is 14.4 Å². The van der Waals surface area contributed by atoms with Crippen molar-refractivity contribution >= 4 is 0 Å². The van der Waals surface area contributed by atoms with E-state index in [0.29, 0.717) is 31.3 Å². The molecular weight excluding hydrogens is 268 g/mol. The zero-order valence-electron chi connectivity index (χ0n) is 12.3. The number of ether oxygens (including phenoxy) is 1. The molecule has 112 valence electrons. The van der Waals surface area contributed by atoms with Gasteiger partial charge in [0, 0.05) is 6.61 Å². The highest BCUT2D eigenvalue weighted by Gasteiger charge is 2.34. The Morgan fingerprint density at radius 3 is 2.71 bits per heavy atom. The van der Waals surface area contributed by atoms with Gasteiger partial charge in [0.1, 0.15) is 0 Å². The largest absolute Gasteiger partial charge is 0.392 e. The zero-order valence-corrected chi connectivity index (χ0v) is 12.3. The molecule has 5 nitrogen and oxygen atoms in total. The first kappa shape index (κ1) is 14.2. The molecule has 3 rings (SSSR count). The van der Waals surface area contributed by atoms with Crippen LogP contribution in [-0.2, 0) is 10.2 Å². The Balaban J connectivity index is 1.87. The zero-order chi connectivity index (χ0) is 14.9. The van der Waals surface area contributed by atoms with Crippen LogP contribution < -0.4 is 0 Å². The van der Waals surface area contributed by atoms with Crippen LogP contribution >= 0.6 is 0 Å². The SMILES string of the molecule is CC(C)(c1ccccc1)c1noc(C2COCCC2O)n1. The molecule has 5 heteroatoms. The van der Waals surface area contributed by atoms with Crippen LogP contribution in [0.1, 0.15) is 43.5 Å². The number of aliphatic hydroxyl groups is 1. The van der Waals surface area contributed by atoms with Crippen molar-refractivity contribution in [1.82, 2.24) is 10.1 Å². The summed E-state index contributed by atoms with van der Waals surface area (Å²) >= 11 is 0. The topological polar surface area (TPSA) is 68.4 Å². The molecule has 1 saturated heterocycles. The van der Waals surface area contributed by atoms with E-state index < -0.39 is 6.10 Å². The summed E-state index contributed by atoms with van der Waals surface area (Å²) in [6.45, 7) is 5.12. The van der Waals surface area contributed by atoms with Gasteiger partial charge in [0.2, 0.25) is 5.89 Å². The van der Waals surface area contributed by atoms with Crippen molar-refractivity contribution in [3.63, 3.8) is 0 Å². The molecule has 2 unspecified atom stereocenters. The standard InChI is InChI=1S/C16H20N2O3/c1-16(2,11-6-4-3-5-7-11)15-17-14(21-18-15)12-10-20-9-8-13(12)19/h3-7,12-13,19H,8-10H2,1-2H3. The maximum absolute atomic E-state index is 10.0. The van der Waals surface area contributed by atoms with E-state index in [1.165, 1.54) is 0 Å². The normalized spacial score (nSPS) is 23.2. The van der Waals surface area contributed by atoms with Gasteiger partial charge in [-0.3, -0.25) is 0 Å². The van der Waals surface area contributed by atoms with Gasteiger partial charge >= 0.3 is 0 Å². The Labute approximate surface area is 123 Å². The van der Waals surface area contributed by atoms with Crippen LogP contribution in [0.2, 0.25) is 0 Å². The molecule has 1 aromatic carbocycles. The van der Waals surface area contributed by atoms with E-state index in [0.717, 1.165) is 5.56 Å². The summed E-state index contributed by atoms with van der Waals surface area (Å²) in [6.07, 6.45) is 0.122. The molecule has 1 aromatic heterocycles. The van der Waals surface area contributed by atoms with Crippen LogP contribution in [-0.4, -0.2) is 34.6 Å². The molecule has 2 atom stereocenters. The monoisotopic (exact) mass is 288 g/mol. The fraction of sp³-hybridized carbons (Fsp3) is 0.500. The second-order valence-electron chi connectivity index (χ2n) is 5.98. The molecule has 0 saturated carbocycles. The Kier molecular flexibility index (Phi) is 3.78. The van der Waals surface area contributed by atoms with Crippen LogP contribution in [0.15, 0.2) is 34.9 Å². The molecule has 2 aromatic rings. The van der Waals surface area contributed by atoms with Crippen LogP contribution in [0.3, 0.4) is 0 Å². The maximum atomic E-state index is 10.0. The molecule has 0 radical (unpaired) electrons. The predicted molar refractivity (Wildman–Crippen MR) is 77.1 cm³/mol. The van der Waals surface area contributed by atoms with E-state index >= 15 is 0 Å². The van der Waals surface area contributed by atoms with Crippen molar-refractivity contribution in [1.29, 1.82) is 0 Å². The molecule has 0 spiro atoms. The first-order valence-corrected chi connectivity index (χ1v) is 7.24. The molecule has 0 bridgehead atoms. The van der Waals surface area contributed by atoms with E-state index in [-0.39, 0.29) is 11.3 Å². The van der Waals surface area contributed by atoms with Crippen molar-refractivity contribution in [2.24, 2.45) is 0 Å². The third-order valence-corrected chi connectivity index (χ3v) is 4.13. The number of rotatable bonds is 3. The van der Waals surface area contributed by atoms with Crippen molar-refractivity contribution in [2.75, 3.05) is 13.2 Å². The molecule has 1 aliphatic heterocycles. The highest BCUT2D eigenvalue weighted by Crippen LogP contribution is 2.31. The van der Waals surface area contributed by atoms with E-state index in [9.17, 15) is 5.11 Å². The number of hydrogen-bond acceptors (Lipinski definition) is 5. The molecule has 21 heavy (non-hydrogen) atoms. The number of aliphatic hydroxyl groups excluding tert-OH is 1. The molecule has 1 N–H and O–H groups in total. The van der Waals surface area contributed by atoms with Gasteiger partial charge in [-0.25, -0.2) is 0 Å². The molecular formula is C16H20N2O3. The van der Waals surface area contributed by atoms with Gasteiger partial charge in [0.05, 0.1) is 24.0 Å². The first-order chi connectivity index (χ1) is 10.1. The summed E-state index contributed by atoms with van der Waals surface area (Å²) in [4.78, 5) is 4.51. The van der Waals surface area contributed by atoms with Gasteiger partial charge in [-0.05, 0) is 25.8 Å². The predicted octanol–water partition coefficient (Wildman–Crippen LogP) is 2.26. The van der Waals surface area contributed by atoms with Gasteiger partial charge in [-0.2, -0.15) is 4.98 Å². The highest BCUT2D eigenvalue weighted by molar-refractivity contribution is 5.30. The van der Waals surface area contributed by atoms with Gasteiger partial charge in [0.25, 0.3) is 0 Å². The lowest BCUT2D eigenvalue weighted by atomic mass is 9.84. The molecule has 1 aliphatic rings. The van der Waals surface area contributed by atoms with Crippen LogP contribution in [0.4, 0.5) is 0 Å². The van der Waals surface area contributed by atoms with Crippen molar-refractivity contribution in [2.45, 2.75) is 37.7 Å². The second kappa shape index (κ2) is 5.58. The molecule has 0 aliphatic carbocycles. The number of benzene rings is 1. The third kappa shape index (κ3) is 2.71. The minimum atomic E-state index is -0.480. The lowest BCUT2D eigenvalue weighted by Gasteiger charge is -2.24. The van der Waals surface area contributed by atoms with Crippen LogP contribution in [0, 0.1) is 0 Å². The summed E-state index contributed by atoms with van der Waals surface area (Å²) < 4.78 is 10.8. The highest BCUT2D eigenvalue weighted by atomic mass is 16.5. The van der Waals surface area contributed by atoms with Crippen LogP contribution in [0.5, 0.6) is 0 Å². The van der Waals surface area contributed by atoms with E-state index in [1.807, 2.05) is 18.2 Å². The van der Waals surface area contributed by atoms with E-state index in [1.54, 1.807) is 0 Å². The summed E-state index contributed by atoms with van der Waals surface area (Å²) in [7, 11) is 0. The third-order valence-electron chi connectivity index (χ3n) is 4.13. The smallest absolute Gasteiger partial charge is 0.234 e. The van der Waals surface area contributed by atoms with E-state index in [2.05, 4.69) is 36.1 Å². The Morgan fingerprint density at radius 2 is 2.00 bits per heavy atom. The Hall–Kier alpha value is -1.72. The van der Waals surface area contributed by atoms with Gasteiger partial charge in [-0.15, -0.1) is 0 Å². The first-order valence-electron chi connectivity index (χ1n) is 7.24. The van der Waals surface area contributed by atoms with Gasteiger partial charge in [-0.1, -0.05) is 35.5 Å². The molecule has 0 amide bonds. The van der Waals surface area contributed by atoms with Crippen molar-refractivity contribution in [3.05, 3.63) is 47.6 Å². The van der Waals surface area contributed by atoms with Crippen molar-refractivity contribution in [3.8, 4) is 0 Å². The quantitative estimate of drug-likeness (QED) is 0.938. The Bertz CT molecular complexity index is 595. The Morgan fingerprint density at radius 1 is 1.24 bits per heavy atom. The summed E-state index contributed by atoms with van der Waals surface area (Å²) in [5.74, 6) is 0.856. The lowest BCUT2D eigenvalue weighted by molar-refractivity contribution is -0.0149. The van der Waals surface area contributed by atoms with E-state index in [4.69, 9.17) is 9.26 Å². The van der Waals surface area contributed by atoms with Crippen LogP contribution in [0.25, 0.3) is 0 Å². The minimum Gasteiger partial charge on any atom is -0.392 e. The fourth-order valence-electron chi connectivity index (χ4n) is 2.59. The minimum absolute atomic E-state index is 0.230. The molecule has 1 fully saturated rings. The number of nitrogens with zero attached hydrogens (tertiary/aromatic N) is 2. The second-order valence-corrected chi connectivity index (χ2v) is 5.98. The molecule has 2 heterocycles. The summed E-state index contributed by atoms with van der Waals surface area (Å²) in [5, 5.41) is 14.2. The maximum Gasteiger partial charge on any atom is 0.234 e. The van der Waals surface area contributed by atoms with Gasteiger partial charge < -0.3 is 14.4 Å². The average molecular weight is 288 g/mol. The number of aromatic nitrogens is 2. The fourth-order valence-corrected chi connectivity index (χ4v) is 2.59. The number of hydrogen-bond donors (Lipinski definition) is 1. The summed E-state index contributed by atoms with van der Waals surface area (Å²) in [5.41, 5.74) is 0.779. The lowest BCUT2D eigenvalue weighted by Crippen LogP contribution is -2.30. The average Bonchev–Trinajstić information content (AvgIpc) is 2.99. The summed E-state index contributed by atoms with van der Waals surface area (Å²) in [6, 6.07) is 10.1. The van der Waals surface area contributed by atoms with Gasteiger partial charge in [0.15, 0.2) is 5.82 Å².